The third-order valence-electron chi connectivity index (χ3n) is 6.20. The Morgan fingerprint density at radius 2 is 2.00 bits per heavy atom. The summed E-state index contributed by atoms with van der Waals surface area (Å²) in [6.45, 7) is 4.96. The lowest BCUT2D eigenvalue weighted by Crippen LogP contribution is -2.37. The Balaban J connectivity index is 1.21. The minimum Gasteiger partial charge on any atom is -0.493 e. The van der Waals surface area contributed by atoms with Crippen molar-refractivity contribution in [2.75, 3.05) is 13.2 Å². The fourth-order valence-electron chi connectivity index (χ4n) is 4.38. The van der Waals surface area contributed by atoms with Crippen LogP contribution in [0.5, 0.6) is 11.5 Å². The maximum atomic E-state index is 11.1. The second-order valence-electron chi connectivity index (χ2n) is 8.86. The van der Waals surface area contributed by atoms with Crippen molar-refractivity contribution < 1.29 is 19.0 Å². The van der Waals surface area contributed by atoms with Crippen LogP contribution >= 0.6 is 0 Å². The molecule has 0 bridgehead atoms. The molecular formula is C23H33NO4. The Labute approximate surface area is 168 Å². The Bertz CT molecular complexity index is 679. The number of fused-ring (bicyclic) bond motifs is 1. The van der Waals surface area contributed by atoms with E-state index in [0.717, 1.165) is 56.1 Å². The molecule has 0 spiro atoms. The number of benzene rings is 1. The zero-order chi connectivity index (χ0) is 19.5. The Morgan fingerprint density at radius 1 is 1.21 bits per heavy atom. The number of ether oxygens (including phenoxy) is 3. The Morgan fingerprint density at radius 3 is 2.71 bits per heavy atom. The highest BCUT2D eigenvalue weighted by molar-refractivity contribution is 5.73. The number of carbonyl (C=O) groups is 1. The molecular weight excluding hydrogens is 354 g/mol. The van der Waals surface area contributed by atoms with Crippen LogP contribution in [0.2, 0.25) is 0 Å². The molecule has 5 heteroatoms. The van der Waals surface area contributed by atoms with Gasteiger partial charge in [-0.15, -0.1) is 0 Å². The monoisotopic (exact) mass is 387 g/mol. The molecule has 28 heavy (non-hydrogen) atoms. The number of carbonyl (C=O) groups excluding carboxylic acids is 1. The lowest BCUT2D eigenvalue weighted by atomic mass is 9.82. The van der Waals surface area contributed by atoms with Crippen LogP contribution in [0.3, 0.4) is 0 Å². The van der Waals surface area contributed by atoms with Crippen LogP contribution in [0.25, 0.3) is 0 Å². The average Bonchev–Trinajstić information content (AvgIpc) is 3.41. The van der Waals surface area contributed by atoms with Crippen molar-refractivity contribution in [3.63, 3.8) is 0 Å². The third kappa shape index (κ3) is 5.19. The second kappa shape index (κ2) is 8.73. The number of amides is 1. The number of nitrogens with one attached hydrogen (secondary N) is 1. The molecule has 154 valence electrons. The van der Waals surface area contributed by atoms with E-state index in [9.17, 15) is 4.79 Å². The van der Waals surface area contributed by atoms with E-state index in [-0.39, 0.29) is 18.1 Å². The van der Waals surface area contributed by atoms with E-state index in [0.29, 0.717) is 18.6 Å². The van der Waals surface area contributed by atoms with Crippen LogP contribution in [0, 0.1) is 11.8 Å². The summed E-state index contributed by atoms with van der Waals surface area (Å²) in [5, 5.41) is 2.87. The van der Waals surface area contributed by atoms with Gasteiger partial charge in [-0.05, 0) is 68.9 Å². The summed E-state index contributed by atoms with van der Waals surface area (Å²) in [5.74, 6) is 3.31. The molecule has 1 aromatic rings. The first-order chi connectivity index (χ1) is 13.6. The number of hydrogen-bond donors (Lipinski definition) is 1. The van der Waals surface area contributed by atoms with Gasteiger partial charge in [-0.25, -0.2) is 0 Å². The van der Waals surface area contributed by atoms with Gasteiger partial charge in [0.2, 0.25) is 5.91 Å². The van der Waals surface area contributed by atoms with Crippen molar-refractivity contribution in [2.24, 2.45) is 11.8 Å². The largest absolute Gasteiger partial charge is 0.493 e. The maximum Gasteiger partial charge on any atom is 0.217 e. The minimum absolute atomic E-state index is 0.00106. The molecule has 2 aliphatic carbocycles. The molecule has 3 aliphatic rings. The quantitative estimate of drug-likeness (QED) is 0.735. The van der Waals surface area contributed by atoms with E-state index in [1.165, 1.54) is 18.4 Å². The topological polar surface area (TPSA) is 56.8 Å². The highest BCUT2D eigenvalue weighted by atomic mass is 16.5. The molecule has 0 radical (unpaired) electrons. The Kier molecular flexibility index (Phi) is 6.10. The first kappa shape index (κ1) is 19.6. The summed E-state index contributed by atoms with van der Waals surface area (Å²) in [6.07, 6.45) is 8.64. The van der Waals surface area contributed by atoms with Crippen molar-refractivity contribution in [1.82, 2.24) is 5.32 Å². The smallest absolute Gasteiger partial charge is 0.217 e. The normalized spacial score (nSPS) is 27.6. The van der Waals surface area contributed by atoms with E-state index in [2.05, 4.69) is 23.5 Å². The SMILES string of the molecule is CC(=O)NC(C)CO[C@H]1CC[C@H](C2Cc3ccc(OCC4CC4)cc3O2)CC1. The highest BCUT2D eigenvalue weighted by Gasteiger charge is 2.34. The van der Waals surface area contributed by atoms with Gasteiger partial charge in [0.15, 0.2) is 0 Å². The van der Waals surface area contributed by atoms with Crippen molar-refractivity contribution >= 4 is 5.91 Å². The van der Waals surface area contributed by atoms with Crippen LogP contribution < -0.4 is 14.8 Å². The summed E-state index contributed by atoms with van der Waals surface area (Å²) in [4.78, 5) is 11.1. The maximum absolute atomic E-state index is 11.1. The second-order valence-corrected chi connectivity index (χ2v) is 8.86. The van der Waals surface area contributed by atoms with Crippen molar-refractivity contribution in [3.8, 4) is 11.5 Å². The summed E-state index contributed by atoms with van der Waals surface area (Å²) in [6, 6.07) is 6.42. The van der Waals surface area contributed by atoms with E-state index < -0.39 is 0 Å². The third-order valence-corrected chi connectivity index (χ3v) is 6.20. The molecule has 2 saturated carbocycles. The first-order valence-electron chi connectivity index (χ1n) is 10.9. The van der Waals surface area contributed by atoms with Gasteiger partial charge in [0, 0.05) is 25.5 Å². The van der Waals surface area contributed by atoms with Crippen LogP contribution in [0.1, 0.15) is 57.9 Å². The molecule has 1 N–H and O–H groups in total. The fraction of sp³-hybridized carbons (Fsp3) is 0.696. The van der Waals surface area contributed by atoms with Gasteiger partial charge in [-0.2, -0.15) is 0 Å². The van der Waals surface area contributed by atoms with Crippen LogP contribution in [0.15, 0.2) is 18.2 Å². The number of rotatable bonds is 8. The standard InChI is InChI=1S/C23H33NO4/c1-15(24-16(2)25)13-26-20-8-5-18(6-9-20)22-11-19-7-10-21(12-23(19)28-22)27-14-17-3-4-17/h7,10,12,15,17-18,20,22H,3-6,8-9,11,13-14H2,1-2H3,(H,24,25)/t15?,18-,20-,22?. The zero-order valence-electron chi connectivity index (χ0n) is 17.1. The fourth-order valence-corrected chi connectivity index (χ4v) is 4.38. The summed E-state index contributed by atoms with van der Waals surface area (Å²) < 4.78 is 18.2. The first-order valence-corrected chi connectivity index (χ1v) is 10.9. The van der Waals surface area contributed by atoms with Crippen LogP contribution in [0.4, 0.5) is 0 Å². The van der Waals surface area contributed by atoms with Gasteiger partial charge in [-0.1, -0.05) is 6.07 Å². The van der Waals surface area contributed by atoms with Crippen LogP contribution in [-0.4, -0.2) is 37.4 Å². The van der Waals surface area contributed by atoms with E-state index in [1.54, 1.807) is 6.92 Å². The van der Waals surface area contributed by atoms with Gasteiger partial charge in [0.1, 0.15) is 17.6 Å². The zero-order valence-corrected chi connectivity index (χ0v) is 17.1. The summed E-state index contributed by atoms with van der Waals surface area (Å²) in [7, 11) is 0. The van der Waals surface area contributed by atoms with Crippen molar-refractivity contribution in [3.05, 3.63) is 23.8 Å². The van der Waals surface area contributed by atoms with Crippen LogP contribution in [-0.2, 0) is 16.0 Å². The molecule has 1 aliphatic heterocycles. The summed E-state index contributed by atoms with van der Waals surface area (Å²) in [5.41, 5.74) is 1.31. The van der Waals surface area contributed by atoms with Gasteiger partial charge in [0.25, 0.3) is 0 Å². The molecule has 2 atom stereocenters. The van der Waals surface area contributed by atoms with E-state index >= 15 is 0 Å². The van der Waals surface area contributed by atoms with Gasteiger partial charge >= 0.3 is 0 Å². The lowest BCUT2D eigenvalue weighted by molar-refractivity contribution is -0.120. The molecule has 0 saturated heterocycles. The molecule has 2 fully saturated rings. The van der Waals surface area contributed by atoms with Gasteiger partial charge in [0.05, 0.1) is 19.3 Å². The van der Waals surface area contributed by atoms with Gasteiger partial charge < -0.3 is 19.5 Å². The summed E-state index contributed by atoms with van der Waals surface area (Å²) >= 11 is 0. The Hall–Kier alpha value is -1.75. The molecule has 4 rings (SSSR count). The predicted octanol–water partition coefficient (Wildman–Crippen LogP) is 3.88. The molecule has 1 heterocycles. The molecule has 0 aromatic heterocycles. The number of hydrogen-bond acceptors (Lipinski definition) is 4. The average molecular weight is 388 g/mol. The van der Waals surface area contributed by atoms with E-state index in [4.69, 9.17) is 14.2 Å². The molecule has 1 aromatic carbocycles. The molecule has 2 unspecified atom stereocenters. The molecule has 1 amide bonds. The predicted molar refractivity (Wildman–Crippen MR) is 108 cm³/mol. The van der Waals surface area contributed by atoms with Crippen molar-refractivity contribution in [2.45, 2.75) is 77.0 Å². The van der Waals surface area contributed by atoms with Gasteiger partial charge in [-0.3, -0.25) is 4.79 Å². The lowest BCUT2D eigenvalue weighted by Gasteiger charge is -2.32. The highest BCUT2D eigenvalue weighted by Crippen LogP contribution is 2.39. The minimum atomic E-state index is -0.00106. The van der Waals surface area contributed by atoms with E-state index in [1.807, 2.05) is 6.92 Å². The van der Waals surface area contributed by atoms with Crippen molar-refractivity contribution in [1.29, 1.82) is 0 Å². The molecule has 5 nitrogen and oxygen atoms in total.